The highest BCUT2D eigenvalue weighted by molar-refractivity contribution is 5.93. The predicted molar refractivity (Wildman–Crippen MR) is 156 cm³/mol. The van der Waals surface area contributed by atoms with Crippen LogP contribution in [0.15, 0.2) is 84.9 Å². The van der Waals surface area contributed by atoms with Gasteiger partial charge in [-0.15, -0.1) is 0 Å². The summed E-state index contributed by atoms with van der Waals surface area (Å²) in [5.74, 6) is -0.833. The van der Waals surface area contributed by atoms with Gasteiger partial charge in [0.2, 0.25) is 0 Å². The normalized spacial score (nSPS) is 12.3. The Morgan fingerprint density at radius 2 is 1.08 bits per heavy atom. The van der Waals surface area contributed by atoms with Crippen LogP contribution in [0.4, 0.5) is 0 Å². The molecule has 2 heteroatoms. The first-order chi connectivity index (χ1) is 17.4. The molecule has 0 amide bonds. The highest BCUT2D eigenvalue weighted by Gasteiger charge is 2.25. The molecule has 0 bridgehead atoms. The number of fused-ring (bicyclic) bond motifs is 3. The fraction of sp³-hybridized carbons (Fsp3) is 0.286. The van der Waals surface area contributed by atoms with Gasteiger partial charge >= 0.3 is 0 Å². The summed E-state index contributed by atoms with van der Waals surface area (Å²) in [5.41, 5.74) is 14.0. The number of benzene rings is 4. The van der Waals surface area contributed by atoms with Crippen molar-refractivity contribution in [3.63, 3.8) is 0 Å². The topological polar surface area (TPSA) is 37.3 Å². The minimum absolute atomic E-state index is 0.152. The molecule has 0 aliphatic heterocycles. The molecule has 2 nitrogen and oxygen atoms in total. The Kier molecular flexibility index (Phi) is 7.15. The van der Waals surface area contributed by atoms with Crippen LogP contribution in [-0.4, -0.2) is 11.1 Å². The fourth-order valence-electron chi connectivity index (χ4n) is 5.07. The molecule has 0 aromatic heterocycles. The maximum Gasteiger partial charge on any atom is 0.300 e. The van der Waals surface area contributed by atoms with E-state index >= 15 is 0 Å². The Bertz CT molecular complexity index is 1410. The zero-order valence-electron chi connectivity index (χ0n) is 23.1. The van der Waals surface area contributed by atoms with Crippen molar-refractivity contribution in [1.29, 1.82) is 0 Å². The van der Waals surface area contributed by atoms with Crippen LogP contribution < -0.4 is 0 Å². The number of aliphatic carboxylic acids is 1. The van der Waals surface area contributed by atoms with Gasteiger partial charge in [0.1, 0.15) is 0 Å². The Hall–Kier alpha value is -3.65. The van der Waals surface area contributed by atoms with Crippen LogP contribution in [0.1, 0.15) is 70.7 Å². The number of rotatable bonds is 2. The third-order valence-electron chi connectivity index (χ3n) is 7.09. The molecule has 0 atom stereocenters. The molecular formula is C35H38O2. The molecule has 1 aliphatic carbocycles. The zero-order valence-corrected chi connectivity index (χ0v) is 23.1. The minimum Gasteiger partial charge on any atom is -0.481 e. The second-order valence-electron chi connectivity index (χ2n) is 12.0. The van der Waals surface area contributed by atoms with E-state index in [2.05, 4.69) is 126 Å². The van der Waals surface area contributed by atoms with Gasteiger partial charge in [0, 0.05) is 6.92 Å². The highest BCUT2D eigenvalue weighted by Crippen LogP contribution is 2.46. The fourth-order valence-corrected chi connectivity index (χ4v) is 5.07. The van der Waals surface area contributed by atoms with E-state index in [4.69, 9.17) is 9.90 Å². The predicted octanol–water partition coefficient (Wildman–Crippen LogP) is 9.28. The van der Waals surface area contributed by atoms with Crippen LogP contribution in [0, 0.1) is 0 Å². The molecule has 190 valence electrons. The molecule has 4 aromatic rings. The molecular weight excluding hydrogens is 452 g/mol. The van der Waals surface area contributed by atoms with Crippen LogP contribution in [0.25, 0.3) is 33.4 Å². The third-order valence-corrected chi connectivity index (χ3v) is 7.09. The summed E-state index contributed by atoms with van der Waals surface area (Å²) in [4.78, 5) is 9.00. The Morgan fingerprint density at radius 1 is 0.622 bits per heavy atom. The summed E-state index contributed by atoms with van der Waals surface area (Å²) in [5, 5.41) is 7.42. The smallest absolute Gasteiger partial charge is 0.300 e. The molecule has 0 fully saturated rings. The van der Waals surface area contributed by atoms with E-state index in [1.54, 1.807) is 0 Å². The second kappa shape index (κ2) is 10.0. The van der Waals surface area contributed by atoms with Crippen molar-refractivity contribution >= 4 is 5.97 Å². The number of carbonyl (C=O) groups is 1. The van der Waals surface area contributed by atoms with Crippen LogP contribution in [0.3, 0.4) is 0 Å². The highest BCUT2D eigenvalue weighted by atomic mass is 16.4. The third kappa shape index (κ3) is 5.69. The van der Waals surface area contributed by atoms with Gasteiger partial charge in [0.15, 0.2) is 0 Å². The van der Waals surface area contributed by atoms with Gasteiger partial charge in [-0.05, 0) is 72.9 Å². The maximum absolute atomic E-state index is 9.00. The minimum atomic E-state index is -0.833. The summed E-state index contributed by atoms with van der Waals surface area (Å²) in [7, 11) is 0. The van der Waals surface area contributed by atoms with E-state index in [1.165, 1.54) is 55.6 Å². The standard InChI is InChI=1S/C33H34.C2H4O2/c1-32(2,3)25-15-11-22(12-16-25)28-19-20-29-27-10-8-7-9-24(27)21-30(29)31(28)23-13-17-26(18-14-23)33(4,5)6;1-2(3)4/h7-20H,21H2,1-6H3;1H3,(H,3,4). The van der Waals surface area contributed by atoms with Crippen molar-refractivity contribution in [3.05, 3.63) is 107 Å². The molecule has 1 aliphatic rings. The average Bonchev–Trinajstić information content (AvgIpc) is 3.21. The lowest BCUT2D eigenvalue weighted by Gasteiger charge is -2.22. The number of carboxylic acid groups (broad SMARTS) is 1. The first kappa shape index (κ1) is 26.4. The lowest BCUT2D eigenvalue weighted by molar-refractivity contribution is -0.134. The van der Waals surface area contributed by atoms with Gasteiger partial charge in [-0.1, -0.05) is 126 Å². The molecule has 0 saturated heterocycles. The number of hydrogen-bond acceptors (Lipinski definition) is 1. The summed E-state index contributed by atoms with van der Waals surface area (Å²) in [6.07, 6.45) is 0.996. The van der Waals surface area contributed by atoms with E-state index in [0.717, 1.165) is 13.3 Å². The van der Waals surface area contributed by atoms with Crippen molar-refractivity contribution in [3.8, 4) is 33.4 Å². The first-order valence-electron chi connectivity index (χ1n) is 13.0. The molecule has 0 saturated carbocycles. The molecule has 5 rings (SSSR count). The summed E-state index contributed by atoms with van der Waals surface area (Å²) in [6, 6.07) is 32.0. The van der Waals surface area contributed by atoms with E-state index in [-0.39, 0.29) is 10.8 Å². The van der Waals surface area contributed by atoms with Crippen molar-refractivity contribution in [2.24, 2.45) is 0 Å². The maximum atomic E-state index is 9.00. The van der Waals surface area contributed by atoms with E-state index in [1.807, 2.05) is 0 Å². The SMILES string of the molecule is CC(=O)O.CC(C)(C)c1ccc(-c2ccc3c(c2-c2ccc(C(C)(C)C)cc2)Cc2ccccc2-3)cc1. The molecule has 0 heterocycles. The largest absolute Gasteiger partial charge is 0.481 e. The van der Waals surface area contributed by atoms with Crippen LogP contribution in [-0.2, 0) is 22.0 Å². The first-order valence-corrected chi connectivity index (χ1v) is 13.0. The quantitative estimate of drug-likeness (QED) is 0.268. The molecule has 0 spiro atoms. The van der Waals surface area contributed by atoms with E-state index in [9.17, 15) is 0 Å². The molecule has 0 radical (unpaired) electrons. The van der Waals surface area contributed by atoms with Gasteiger partial charge < -0.3 is 5.11 Å². The molecule has 1 N–H and O–H groups in total. The van der Waals surface area contributed by atoms with E-state index < -0.39 is 5.97 Å². The number of carboxylic acids is 1. The molecule has 4 aromatic carbocycles. The monoisotopic (exact) mass is 490 g/mol. The van der Waals surface area contributed by atoms with Gasteiger partial charge in [-0.3, -0.25) is 4.79 Å². The van der Waals surface area contributed by atoms with Crippen molar-refractivity contribution in [2.45, 2.75) is 65.7 Å². The van der Waals surface area contributed by atoms with Crippen molar-refractivity contribution < 1.29 is 9.90 Å². The van der Waals surface area contributed by atoms with Crippen LogP contribution in [0.5, 0.6) is 0 Å². The molecule has 37 heavy (non-hydrogen) atoms. The van der Waals surface area contributed by atoms with Crippen LogP contribution >= 0.6 is 0 Å². The van der Waals surface area contributed by atoms with E-state index in [0.29, 0.717) is 0 Å². The van der Waals surface area contributed by atoms with Gasteiger partial charge in [0.25, 0.3) is 5.97 Å². The summed E-state index contributed by atoms with van der Waals surface area (Å²) in [6.45, 7) is 14.7. The van der Waals surface area contributed by atoms with Crippen molar-refractivity contribution in [2.75, 3.05) is 0 Å². The number of hydrogen-bond donors (Lipinski definition) is 1. The Morgan fingerprint density at radius 3 is 1.59 bits per heavy atom. The Labute approximate surface area is 222 Å². The lowest BCUT2D eigenvalue weighted by atomic mass is 9.83. The average molecular weight is 491 g/mol. The summed E-state index contributed by atoms with van der Waals surface area (Å²) < 4.78 is 0. The molecule has 0 unspecified atom stereocenters. The van der Waals surface area contributed by atoms with Crippen molar-refractivity contribution in [1.82, 2.24) is 0 Å². The van der Waals surface area contributed by atoms with Gasteiger partial charge in [-0.2, -0.15) is 0 Å². The Balaban J connectivity index is 0.000000747. The zero-order chi connectivity index (χ0) is 27.0. The second-order valence-corrected chi connectivity index (χ2v) is 12.0. The van der Waals surface area contributed by atoms with Crippen LogP contribution in [0.2, 0.25) is 0 Å². The van der Waals surface area contributed by atoms with Gasteiger partial charge in [-0.25, -0.2) is 0 Å². The lowest BCUT2D eigenvalue weighted by Crippen LogP contribution is -2.10. The van der Waals surface area contributed by atoms with Gasteiger partial charge in [0.05, 0.1) is 0 Å². The summed E-state index contributed by atoms with van der Waals surface area (Å²) >= 11 is 0.